The Morgan fingerprint density at radius 3 is 3.15 bits per heavy atom. The maximum Gasteiger partial charge on any atom is 0.346 e. The molecule has 0 unspecified atom stereocenters. The minimum Gasteiger partial charge on any atom is -0.477 e. The van der Waals surface area contributed by atoms with Gasteiger partial charge in [0.15, 0.2) is 0 Å². The highest BCUT2D eigenvalue weighted by atomic mass is 32.1. The van der Waals surface area contributed by atoms with Crippen molar-refractivity contribution < 1.29 is 9.90 Å². The second kappa shape index (κ2) is 4.65. The van der Waals surface area contributed by atoms with E-state index in [1.807, 2.05) is 0 Å². The summed E-state index contributed by atoms with van der Waals surface area (Å²) in [6.07, 6.45) is 5.04. The van der Waals surface area contributed by atoms with Crippen molar-refractivity contribution in [3.63, 3.8) is 0 Å². The summed E-state index contributed by atoms with van der Waals surface area (Å²) in [5.74, 6) is 1.54. The van der Waals surface area contributed by atoms with Crippen LogP contribution in [0.5, 0.6) is 0 Å². The SMILES string of the molecule is C#CCNCc1ccsc1C(=O)O. The molecule has 0 aliphatic heterocycles. The molecule has 4 heteroatoms. The Bertz CT molecular complexity index is 338. The molecule has 0 atom stereocenters. The zero-order valence-electron chi connectivity index (χ0n) is 6.91. The summed E-state index contributed by atoms with van der Waals surface area (Å²) in [6, 6.07) is 1.79. The predicted molar refractivity (Wildman–Crippen MR) is 51.8 cm³/mol. The fraction of sp³-hybridized carbons (Fsp3) is 0.222. The van der Waals surface area contributed by atoms with E-state index in [1.165, 1.54) is 11.3 Å². The van der Waals surface area contributed by atoms with Crippen LogP contribution in [0.25, 0.3) is 0 Å². The predicted octanol–water partition coefficient (Wildman–Crippen LogP) is 1.17. The molecule has 0 bridgehead atoms. The molecule has 0 amide bonds. The third-order valence-corrected chi connectivity index (χ3v) is 2.43. The quantitative estimate of drug-likeness (QED) is 0.560. The van der Waals surface area contributed by atoms with Crippen molar-refractivity contribution in [2.45, 2.75) is 6.54 Å². The standard InChI is InChI=1S/C9H9NO2S/c1-2-4-10-6-7-3-5-13-8(7)9(11)12/h1,3,5,10H,4,6H2,(H,11,12). The lowest BCUT2D eigenvalue weighted by molar-refractivity contribution is 0.0701. The lowest BCUT2D eigenvalue weighted by Crippen LogP contribution is -2.14. The highest BCUT2D eigenvalue weighted by molar-refractivity contribution is 7.12. The van der Waals surface area contributed by atoms with Gasteiger partial charge in [-0.05, 0) is 17.0 Å². The maximum absolute atomic E-state index is 10.7. The van der Waals surface area contributed by atoms with Gasteiger partial charge in [0.25, 0.3) is 0 Å². The van der Waals surface area contributed by atoms with Gasteiger partial charge in [0.2, 0.25) is 0 Å². The number of hydrogen-bond acceptors (Lipinski definition) is 3. The van der Waals surface area contributed by atoms with E-state index >= 15 is 0 Å². The lowest BCUT2D eigenvalue weighted by atomic mass is 10.2. The molecule has 0 radical (unpaired) electrons. The smallest absolute Gasteiger partial charge is 0.346 e. The summed E-state index contributed by atoms with van der Waals surface area (Å²) in [5.41, 5.74) is 0.785. The van der Waals surface area contributed by atoms with E-state index in [9.17, 15) is 4.79 Å². The summed E-state index contributed by atoms with van der Waals surface area (Å²) in [4.78, 5) is 11.0. The van der Waals surface area contributed by atoms with Crippen molar-refractivity contribution in [3.05, 3.63) is 21.9 Å². The molecule has 68 valence electrons. The van der Waals surface area contributed by atoms with Gasteiger partial charge in [-0.25, -0.2) is 4.79 Å². The molecule has 0 aliphatic carbocycles. The van der Waals surface area contributed by atoms with Gasteiger partial charge in [-0.3, -0.25) is 0 Å². The Kier molecular flexibility index (Phi) is 3.50. The maximum atomic E-state index is 10.7. The summed E-state index contributed by atoms with van der Waals surface area (Å²) in [7, 11) is 0. The average molecular weight is 195 g/mol. The Labute approximate surface area is 80.4 Å². The largest absolute Gasteiger partial charge is 0.477 e. The number of hydrogen-bond donors (Lipinski definition) is 2. The Balaban J connectivity index is 2.61. The van der Waals surface area contributed by atoms with Crippen molar-refractivity contribution in [3.8, 4) is 12.3 Å². The molecule has 2 N–H and O–H groups in total. The van der Waals surface area contributed by atoms with Crippen LogP contribution in [0.4, 0.5) is 0 Å². The Hall–Kier alpha value is -1.31. The minimum absolute atomic E-state index is 0.379. The van der Waals surface area contributed by atoms with Crippen molar-refractivity contribution in [1.82, 2.24) is 5.32 Å². The second-order valence-corrected chi connectivity index (χ2v) is 3.30. The molecule has 0 aliphatic rings. The van der Waals surface area contributed by atoms with Crippen LogP contribution in [0.3, 0.4) is 0 Å². The summed E-state index contributed by atoms with van der Waals surface area (Å²) in [5, 5.41) is 13.5. The number of nitrogens with one attached hydrogen (secondary N) is 1. The summed E-state index contributed by atoms with van der Waals surface area (Å²) >= 11 is 1.22. The fourth-order valence-electron chi connectivity index (χ4n) is 0.932. The van der Waals surface area contributed by atoms with Gasteiger partial charge in [-0.15, -0.1) is 17.8 Å². The van der Waals surface area contributed by atoms with Crippen molar-refractivity contribution in [1.29, 1.82) is 0 Å². The van der Waals surface area contributed by atoms with E-state index in [0.717, 1.165) is 5.56 Å². The minimum atomic E-state index is -0.882. The Morgan fingerprint density at radius 2 is 2.54 bits per heavy atom. The number of thiophene rings is 1. The van der Waals surface area contributed by atoms with Crippen LogP contribution in [-0.2, 0) is 6.54 Å². The molecular formula is C9H9NO2S. The first-order chi connectivity index (χ1) is 6.25. The first-order valence-corrected chi connectivity index (χ1v) is 4.57. The van der Waals surface area contributed by atoms with Crippen LogP contribution in [0, 0.1) is 12.3 Å². The zero-order valence-corrected chi connectivity index (χ0v) is 7.73. The molecule has 0 saturated carbocycles. The van der Waals surface area contributed by atoms with E-state index in [2.05, 4.69) is 11.2 Å². The number of carboxylic acid groups (broad SMARTS) is 1. The summed E-state index contributed by atoms with van der Waals surface area (Å²) < 4.78 is 0. The molecule has 1 aromatic heterocycles. The number of rotatable bonds is 4. The molecule has 0 aromatic carbocycles. The molecule has 1 rings (SSSR count). The van der Waals surface area contributed by atoms with E-state index < -0.39 is 5.97 Å². The highest BCUT2D eigenvalue weighted by Gasteiger charge is 2.10. The molecule has 0 spiro atoms. The van der Waals surface area contributed by atoms with Crippen LogP contribution >= 0.6 is 11.3 Å². The third-order valence-electron chi connectivity index (χ3n) is 1.48. The zero-order chi connectivity index (χ0) is 9.68. The summed E-state index contributed by atoms with van der Waals surface area (Å²) in [6.45, 7) is 0.963. The Morgan fingerprint density at radius 1 is 1.77 bits per heavy atom. The topological polar surface area (TPSA) is 49.3 Å². The van der Waals surface area contributed by atoms with Gasteiger partial charge in [-0.2, -0.15) is 0 Å². The van der Waals surface area contributed by atoms with Gasteiger partial charge >= 0.3 is 5.97 Å². The van der Waals surface area contributed by atoms with Crippen LogP contribution in [-0.4, -0.2) is 17.6 Å². The van der Waals surface area contributed by atoms with Gasteiger partial charge in [0, 0.05) is 6.54 Å². The average Bonchev–Trinajstić information content (AvgIpc) is 2.53. The van der Waals surface area contributed by atoms with Crippen molar-refractivity contribution >= 4 is 17.3 Å². The number of carboxylic acids is 1. The van der Waals surface area contributed by atoms with Gasteiger partial charge in [0.05, 0.1) is 6.54 Å². The van der Waals surface area contributed by atoms with Gasteiger partial charge in [0.1, 0.15) is 4.88 Å². The fourth-order valence-corrected chi connectivity index (χ4v) is 1.69. The first-order valence-electron chi connectivity index (χ1n) is 3.69. The first kappa shape index (κ1) is 9.78. The van der Waals surface area contributed by atoms with Gasteiger partial charge in [-0.1, -0.05) is 5.92 Å². The van der Waals surface area contributed by atoms with Crippen LogP contribution in [0.1, 0.15) is 15.2 Å². The second-order valence-electron chi connectivity index (χ2n) is 2.39. The normalized spacial score (nSPS) is 9.46. The molecule has 1 aromatic rings. The van der Waals surface area contributed by atoms with Crippen LogP contribution in [0.2, 0.25) is 0 Å². The van der Waals surface area contributed by atoms with Crippen molar-refractivity contribution in [2.75, 3.05) is 6.54 Å². The molecule has 0 saturated heterocycles. The lowest BCUT2D eigenvalue weighted by Gasteiger charge is -1.99. The van der Waals surface area contributed by atoms with E-state index in [0.29, 0.717) is 18.0 Å². The van der Waals surface area contributed by atoms with Crippen LogP contribution in [0.15, 0.2) is 11.4 Å². The highest BCUT2D eigenvalue weighted by Crippen LogP contribution is 2.16. The van der Waals surface area contributed by atoms with E-state index in [4.69, 9.17) is 11.5 Å². The van der Waals surface area contributed by atoms with Crippen LogP contribution < -0.4 is 5.32 Å². The van der Waals surface area contributed by atoms with Crippen molar-refractivity contribution in [2.24, 2.45) is 0 Å². The molecule has 13 heavy (non-hydrogen) atoms. The number of aromatic carboxylic acids is 1. The van der Waals surface area contributed by atoms with E-state index in [1.54, 1.807) is 11.4 Å². The van der Waals surface area contributed by atoms with E-state index in [-0.39, 0.29) is 0 Å². The number of carbonyl (C=O) groups is 1. The molecular weight excluding hydrogens is 186 g/mol. The molecule has 1 heterocycles. The molecule has 3 nitrogen and oxygen atoms in total. The third kappa shape index (κ3) is 2.58. The van der Waals surface area contributed by atoms with Gasteiger partial charge < -0.3 is 10.4 Å². The number of terminal acetylenes is 1. The molecule has 0 fully saturated rings. The monoisotopic (exact) mass is 195 g/mol.